The molecule has 0 spiro atoms. The second-order valence-electron chi connectivity index (χ2n) is 6.33. The van der Waals surface area contributed by atoms with Crippen molar-refractivity contribution in [2.75, 3.05) is 26.8 Å². The van der Waals surface area contributed by atoms with Gasteiger partial charge in [-0.25, -0.2) is 0 Å². The number of benzene rings is 1. The lowest BCUT2D eigenvalue weighted by Gasteiger charge is -2.22. The lowest BCUT2D eigenvalue weighted by atomic mass is 10.1. The minimum Gasteiger partial charge on any atom is -0.483 e. The minimum absolute atomic E-state index is 0.0146. The van der Waals surface area contributed by atoms with Crippen LogP contribution in [0.3, 0.4) is 0 Å². The highest BCUT2D eigenvalue weighted by molar-refractivity contribution is 5.78. The number of nitrogens with zero attached hydrogens (tertiary/aromatic N) is 1. The molecule has 1 amide bonds. The zero-order valence-electron chi connectivity index (χ0n) is 16.0. The number of carbonyl (C=O) groups is 2. The Labute approximate surface area is 151 Å². The highest BCUT2D eigenvalue weighted by Crippen LogP contribution is 2.19. The van der Waals surface area contributed by atoms with Gasteiger partial charge in [0.25, 0.3) is 5.91 Å². The predicted molar refractivity (Wildman–Crippen MR) is 98.8 cm³/mol. The van der Waals surface area contributed by atoms with E-state index in [0.29, 0.717) is 13.1 Å². The lowest BCUT2D eigenvalue weighted by Crippen LogP contribution is -2.37. The van der Waals surface area contributed by atoms with Gasteiger partial charge in [-0.1, -0.05) is 38.3 Å². The Hall–Kier alpha value is -2.04. The van der Waals surface area contributed by atoms with Gasteiger partial charge in [0.15, 0.2) is 6.61 Å². The van der Waals surface area contributed by atoms with E-state index < -0.39 is 0 Å². The molecule has 0 bridgehead atoms. The fourth-order valence-corrected chi connectivity index (χ4v) is 2.51. The molecule has 0 saturated heterocycles. The molecular formula is C20H31NO4. The first kappa shape index (κ1) is 21.0. The number of amides is 1. The summed E-state index contributed by atoms with van der Waals surface area (Å²) in [6, 6.07) is 5.93. The van der Waals surface area contributed by atoms with Crippen molar-refractivity contribution < 1.29 is 19.1 Å². The Morgan fingerprint density at radius 2 is 1.84 bits per heavy atom. The number of hydrogen-bond acceptors (Lipinski definition) is 4. The molecule has 0 fully saturated rings. The summed E-state index contributed by atoms with van der Waals surface area (Å²) < 4.78 is 10.4. The molecule has 5 nitrogen and oxygen atoms in total. The van der Waals surface area contributed by atoms with Crippen molar-refractivity contribution in [2.24, 2.45) is 0 Å². The second kappa shape index (κ2) is 11.5. The average molecular weight is 349 g/mol. The molecule has 1 rings (SSSR count). The molecule has 0 heterocycles. The highest BCUT2D eigenvalue weighted by atomic mass is 16.5. The predicted octanol–water partition coefficient (Wildman–Crippen LogP) is 3.65. The molecule has 25 heavy (non-hydrogen) atoms. The summed E-state index contributed by atoms with van der Waals surface area (Å²) >= 11 is 0. The Balaban J connectivity index is 2.59. The number of rotatable bonds is 11. The van der Waals surface area contributed by atoms with Crippen LogP contribution in [0.2, 0.25) is 0 Å². The topological polar surface area (TPSA) is 55.8 Å². The first-order valence-electron chi connectivity index (χ1n) is 9.02. The summed E-state index contributed by atoms with van der Waals surface area (Å²) in [4.78, 5) is 25.6. The molecule has 5 heteroatoms. The van der Waals surface area contributed by atoms with E-state index in [0.717, 1.165) is 42.6 Å². The summed E-state index contributed by atoms with van der Waals surface area (Å²) in [6.45, 7) is 7.10. The smallest absolute Gasteiger partial charge is 0.307 e. The Bertz CT molecular complexity index is 557. The van der Waals surface area contributed by atoms with Crippen LogP contribution in [-0.4, -0.2) is 43.6 Å². The molecule has 1 aromatic carbocycles. The van der Waals surface area contributed by atoms with E-state index in [2.05, 4.69) is 11.7 Å². The van der Waals surface area contributed by atoms with Crippen molar-refractivity contribution >= 4 is 11.9 Å². The van der Waals surface area contributed by atoms with Gasteiger partial charge in [-0.05, 0) is 37.5 Å². The van der Waals surface area contributed by atoms with Gasteiger partial charge in [-0.3, -0.25) is 9.59 Å². The quantitative estimate of drug-likeness (QED) is 0.452. The molecule has 0 atom stereocenters. The lowest BCUT2D eigenvalue weighted by molar-refractivity contribution is -0.142. The molecule has 0 aliphatic carbocycles. The maximum Gasteiger partial charge on any atom is 0.307 e. The van der Waals surface area contributed by atoms with Crippen molar-refractivity contribution in [3.63, 3.8) is 0 Å². The van der Waals surface area contributed by atoms with Gasteiger partial charge < -0.3 is 14.4 Å². The van der Waals surface area contributed by atoms with E-state index in [1.807, 2.05) is 32.0 Å². The van der Waals surface area contributed by atoms with Crippen molar-refractivity contribution in [1.82, 2.24) is 4.90 Å². The van der Waals surface area contributed by atoms with Crippen LogP contribution in [-0.2, 0) is 14.3 Å². The van der Waals surface area contributed by atoms with E-state index in [9.17, 15) is 9.59 Å². The van der Waals surface area contributed by atoms with E-state index in [1.54, 1.807) is 4.90 Å². The van der Waals surface area contributed by atoms with Gasteiger partial charge in [0.1, 0.15) is 5.75 Å². The van der Waals surface area contributed by atoms with Crippen LogP contribution in [0, 0.1) is 13.8 Å². The highest BCUT2D eigenvalue weighted by Gasteiger charge is 2.16. The van der Waals surface area contributed by atoms with Crippen LogP contribution in [0.15, 0.2) is 18.2 Å². The zero-order chi connectivity index (χ0) is 18.7. The van der Waals surface area contributed by atoms with E-state index >= 15 is 0 Å². The third-order valence-corrected chi connectivity index (χ3v) is 4.14. The van der Waals surface area contributed by atoms with E-state index in [1.165, 1.54) is 7.11 Å². The van der Waals surface area contributed by atoms with Crippen LogP contribution in [0.25, 0.3) is 0 Å². The first-order chi connectivity index (χ1) is 12.0. The van der Waals surface area contributed by atoms with Crippen molar-refractivity contribution in [1.29, 1.82) is 0 Å². The summed E-state index contributed by atoms with van der Waals surface area (Å²) in [7, 11) is 1.36. The first-order valence-corrected chi connectivity index (χ1v) is 9.02. The molecule has 0 N–H and O–H groups in total. The molecule has 0 saturated carbocycles. The monoisotopic (exact) mass is 349 g/mol. The number of unbranched alkanes of at least 4 members (excludes halogenated alkanes) is 3. The van der Waals surface area contributed by atoms with Crippen LogP contribution < -0.4 is 4.74 Å². The van der Waals surface area contributed by atoms with Gasteiger partial charge >= 0.3 is 5.97 Å². The Morgan fingerprint density at radius 3 is 2.52 bits per heavy atom. The fraction of sp³-hybridized carbons (Fsp3) is 0.600. The molecule has 0 unspecified atom stereocenters. The van der Waals surface area contributed by atoms with Crippen LogP contribution in [0.1, 0.15) is 50.2 Å². The van der Waals surface area contributed by atoms with Crippen molar-refractivity contribution in [3.8, 4) is 5.75 Å². The Morgan fingerprint density at radius 1 is 1.08 bits per heavy atom. The maximum absolute atomic E-state index is 12.5. The van der Waals surface area contributed by atoms with Crippen molar-refractivity contribution in [2.45, 2.75) is 52.9 Å². The summed E-state index contributed by atoms with van der Waals surface area (Å²) in [6.07, 6.45) is 4.52. The normalized spacial score (nSPS) is 10.4. The van der Waals surface area contributed by atoms with E-state index in [-0.39, 0.29) is 24.9 Å². The van der Waals surface area contributed by atoms with Gasteiger partial charge in [0.05, 0.1) is 13.5 Å². The number of methoxy groups -OCH3 is 1. The molecule has 0 aromatic heterocycles. The molecule has 1 aromatic rings. The largest absolute Gasteiger partial charge is 0.483 e. The average Bonchev–Trinajstić information content (AvgIpc) is 2.61. The van der Waals surface area contributed by atoms with Crippen molar-refractivity contribution in [3.05, 3.63) is 29.3 Å². The molecule has 0 radical (unpaired) electrons. The fourth-order valence-electron chi connectivity index (χ4n) is 2.51. The SMILES string of the molecule is CCCCCCN(CCC(=O)OC)C(=O)COc1cc(C)ccc1C. The van der Waals surface area contributed by atoms with Gasteiger partial charge in [0, 0.05) is 13.1 Å². The molecular weight excluding hydrogens is 318 g/mol. The summed E-state index contributed by atoms with van der Waals surface area (Å²) in [5.74, 6) is 0.329. The van der Waals surface area contributed by atoms with Crippen LogP contribution in [0.4, 0.5) is 0 Å². The van der Waals surface area contributed by atoms with Gasteiger partial charge in [-0.15, -0.1) is 0 Å². The standard InChI is InChI=1S/C20H31NO4/c1-5-6-7-8-12-21(13-11-20(23)24-4)19(22)15-25-18-14-16(2)9-10-17(18)3/h9-10,14H,5-8,11-13,15H2,1-4H3. The Kier molecular flexibility index (Phi) is 9.66. The molecule has 0 aliphatic rings. The number of carbonyl (C=O) groups excluding carboxylic acids is 2. The zero-order valence-corrected chi connectivity index (χ0v) is 16.0. The van der Waals surface area contributed by atoms with Crippen LogP contribution >= 0.6 is 0 Å². The third kappa shape index (κ3) is 8.05. The molecule has 0 aliphatic heterocycles. The van der Waals surface area contributed by atoms with Crippen LogP contribution in [0.5, 0.6) is 5.75 Å². The number of aryl methyl sites for hydroxylation is 2. The van der Waals surface area contributed by atoms with E-state index in [4.69, 9.17) is 4.74 Å². The summed E-state index contributed by atoms with van der Waals surface area (Å²) in [5.41, 5.74) is 2.10. The summed E-state index contributed by atoms with van der Waals surface area (Å²) in [5, 5.41) is 0. The minimum atomic E-state index is -0.304. The van der Waals surface area contributed by atoms with Gasteiger partial charge in [0.2, 0.25) is 0 Å². The number of ether oxygens (including phenoxy) is 2. The van der Waals surface area contributed by atoms with Gasteiger partial charge in [-0.2, -0.15) is 0 Å². The second-order valence-corrected chi connectivity index (χ2v) is 6.33. The maximum atomic E-state index is 12.5. The molecule has 140 valence electrons. The number of esters is 1. The number of hydrogen-bond donors (Lipinski definition) is 0. The third-order valence-electron chi connectivity index (χ3n) is 4.14.